The van der Waals surface area contributed by atoms with Gasteiger partial charge in [0.2, 0.25) is 24.3 Å². The summed E-state index contributed by atoms with van der Waals surface area (Å²) < 4.78 is 52.8. The Kier molecular flexibility index (Phi) is 5.63. The molecule has 0 aliphatic rings. The molecule has 0 atom stereocenters. The van der Waals surface area contributed by atoms with E-state index >= 15 is 0 Å². The summed E-state index contributed by atoms with van der Waals surface area (Å²) in [4.78, 5) is 13.1. The molecule has 0 radical (unpaired) electrons. The number of rotatable bonds is 6. The summed E-state index contributed by atoms with van der Waals surface area (Å²) in [5.41, 5.74) is 1.75. The number of Topliss-reactive ketones (excluding diaryl/α,β-unsaturated/α-hetero) is 1. The third-order valence-electron chi connectivity index (χ3n) is 4.95. The molecule has 4 aromatic rings. The maximum atomic E-state index is 13.5. The van der Waals surface area contributed by atoms with Gasteiger partial charge in [-0.15, -0.1) is 22.7 Å². The molecule has 0 aliphatic heterocycles. The number of ketones is 1. The van der Waals surface area contributed by atoms with Crippen molar-refractivity contribution in [2.75, 3.05) is 0 Å². The molecule has 0 bridgehead atoms. The number of sulfone groups is 2. The lowest BCUT2D eigenvalue weighted by Crippen LogP contribution is -2.38. The van der Waals surface area contributed by atoms with Gasteiger partial charge in [-0.25, -0.2) is 16.8 Å². The van der Waals surface area contributed by atoms with E-state index in [1.807, 2.05) is 0 Å². The SMILES string of the molecule is Cc1ccc(S(=O)(=O)C(C(=O)c2csc3sccc23)S(=O)(=O)c2ccc(C)cc2)cc1. The van der Waals surface area contributed by atoms with Crippen LogP contribution in [0.5, 0.6) is 0 Å². The number of aryl methyl sites for hydroxylation is 2. The van der Waals surface area contributed by atoms with E-state index in [2.05, 4.69) is 0 Å². The molecule has 0 saturated heterocycles. The minimum Gasteiger partial charge on any atom is -0.291 e. The largest absolute Gasteiger partial charge is 0.291 e. The molecule has 0 N–H and O–H groups in total. The van der Waals surface area contributed by atoms with Crippen molar-refractivity contribution < 1.29 is 21.6 Å². The van der Waals surface area contributed by atoms with E-state index in [0.717, 1.165) is 15.1 Å². The topological polar surface area (TPSA) is 85.3 Å². The van der Waals surface area contributed by atoms with E-state index < -0.39 is 30.0 Å². The maximum absolute atomic E-state index is 13.5. The van der Waals surface area contributed by atoms with Crippen LogP contribution < -0.4 is 0 Å². The number of benzene rings is 2. The van der Waals surface area contributed by atoms with Crippen molar-refractivity contribution in [3.8, 4) is 0 Å². The standard InChI is InChI=1S/C22H18O5S4/c1-14-3-7-16(8-4-14)30(24,25)22(31(26,27)17-9-5-15(2)6-10-17)20(23)19-13-29-21-18(19)11-12-28-21/h3-13,22H,1-2H3. The highest BCUT2D eigenvalue weighted by Gasteiger charge is 2.46. The Labute approximate surface area is 188 Å². The summed E-state index contributed by atoms with van der Waals surface area (Å²) in [6, 6.07) is 13.4. The quantitative estimate of drug-likeness (QED) is 0.354. The van der Waals surface area contributed by atoms with Crippen molar-refractivity contribution in [1.82, 2.24) is 0 Å². The predicted octanol–water partition coefficient (Wildman–Crippen LogP) is 5.04. The molecule has 9 heteroatoms. The average molecular weight is 491 g/mol. The Morgan fingerprint density at radius 3 is 1.71 bits per heavy atom. The third kappa shape index (κ3) is 3.87. The van der Waals surface area contributed by atoms with Gasteiger partial charge in [-0.2, -0.15) is 0 Å². The van der Waals surface area contributed by atoms with Crippen molar-refractivity contribution in [2.24, 2.45) is 0 Å². The second-order valence-electron chi connectivity index (χ2n) is 7.18. The summed E-state index contributed by atoms with van der Waals surface area (Å²) in [6.45, 7) is 3.58. The zero-order chi connectivity index (χ0) is 22.4. The molecule has 0 fully saturated rings. The third-order valence-corrected chi connectivity index (χ3v) is 12.0. The van der Waals surface area contributed by atoms with E-state index in [0.29, 0.717) is 5.39 Å². The Morgan fingerprint density at radius 1 is 0.742 bits per heavy atom. The lowest BCUT2D eigenvalue weighted by atomic mass is 10.2. The Morgan fingerprint density at radius 2 is 1.23 bits per heavy atom. The second kappa shape index (κ2) is 7.98. The predicted molar refractivity (Wildman–Crippen MR) is 125 cm³/mol. The number of hydrogen-bond donors (Lipinski definition) is 0. The van der Waals surface area contributed by atoms with E-state index in [4.69, 9.17) is 0 Å². The minimum atomic E-state index is -4.54. The molecular formula is C22H18O5S4. The summed E-state index contributed by atoms with van der Waals surface area (Å²) in [5.74, 6) is -0.939. The molecule has 31 heavy (non-hydrogen) atoms. The molecule has 160 valence electrons. The van der Waals surface area contributed by atoms with Crippen LogP contribution in [0, 0.1) is 13.8 Å². The van der Waals surface area contributed by atoms with Crippen LogP contribution in [0.1, 0.15) is 21.5 Å². The lowest BCUT2D eigenvalue weighted by molar-refractivity contribution is 0.101. The number of thiophene rings is 2. The molecule has 0 unspecified atom stereocenters. The summed E-state index contributed by atoms with van der Waals surface area (Å²) in [6.07, 6.45) is 0. The van der Waals surface area contributed by atoms with Crippen LogP contribution in [0.2, 0.25) is 0 Å². The molecule has 5 nitrogen and oxygen atoms in total. The average Bonchev–Trinajstić information content (AvgIpc) is 3.32. The van der Waals surface area contributed by atoms with E-state index in [-0.39, 0.29) is 15.4 Å². The van der Waals surface area contributed by atoms with Crippen molar-refractivity contribution in [3.63, 3.8) is 0 Å². The van der Waals surface area contributed by atoms with E-state index in [1.54, 1.807) is 49.6 Å². The van der Waals surface area contributed by atoms with Gasteiger partial charge in [0, 0.05) is 16.3 Å². The molecule has 0 spiro atoms. The number of carbonyl (C=O) groups is 1. The summed E-state index contributed by atoms with van der Waals surface area (Å²) >= 11 is 2.71. The zero-order valence-electron chi connectivity index (χ0n) is 16.6. The highest BCUT2D eigenvalue weighted by atomic mass is 32.3. The Bertz CT molecular complexity index is 1400. The lowest BCUT2D eigenvalue weighted by Gasteiger charge is -2.18. The van der Waals surface area contributed by atoms with Crippen LogP contribution in [-0.4, -0.2) is 27.2 Å². The maximum Gasteiger partial charge on any atom is 0.234 e. The number of hydrogen-bond acceptors (Lipinski definition) is 7. The second-order valence-corrected chi connectivity index (χ2v) is 13.6. The summed E-state index contributed by atoms with van der Waals surface area (Å²) in [5, 5.41) is 3.89. The first-order chi connectivity index (χ1) is 14.6. The van der Waals surface area contributed by atoms with Crippen molar-refractivity contribution >= 4 is 57.5 Å². The molecule has 2 aromatic carbocycles. The van der Waals surface area contributed by atoms with Gasteiger partial charge in [-0.3, -0.25) is 4.79 Å². The molecular weight excluding hydrogens is 473 g/mol. The van der Waals surface area contributed by atoms with Gasteiger partial charge in [-0.05, 0) is 49.6 Å². The fraction of sp³-hybridized carbons (Fsp3) is 0.136. The number of fused-ring (bicyclic) bond motifs is 1. The van der Waals surface area contributed by atoms with Gasteiger partial charge in [-0.1, -0.05) is 35.4 Å². The first-order valence-electron chi connectivity index (χ1n) is 9.22. The molecule has 0 amide bonds. The van der Waals surface area contributed by atoms with Crippen LogP contribution in [0.15, 0.2) is 75.1 Å². The van der Waals surface area contributed by atoms with Gasteiger partial charge in [0.1, 0.15) is 0 Å². The van der Waals surface area contributed by atoms with Crippen molar-refractivity contribution in [2.45, 2.75) is 28.2 Å². The first kappa shape index (κ1) is 21.9. The van der Waals surface area contributed by atoms with Gasteiger partial charge < -0.3 is 0 Å². The Balaban J connectivity index is 1.94. The van der Waals surface area contributed by atoms with Crippen LogP contribution in [0.4, 0.5) is 0 Å². The van der Waals surface area contributed by atoms with Crippen LogP contribution in [0.3, 0.4) is 0 Å². The number of carbonyl (C=O) groups excluding carboxylic acids is 1. The zero-order valence-corrected chi connectivity index (χ0v) is 19.9. The van der Waals surface area contributed by atoms with E-state index in [9.17, 15) is 21.6 Å². The van der Waals surface area contributed by atoms with Gasteiger partial charge in [0.05, 0.1) is 13.8 Å². The normalized spacial score (nSPS) is 12.5. The molecule has 2 heterocycles. The fourth-order valence-electron chi connectivity index (χ4n) is 3.23. The van der Waals surface area contributed by atoms with Gasteiger partial charge in [0.25, 0.3) is 0 Å². The van der Waals surface area contributed by atoms with Crippen molar-refractivity contribution in [1.29, 1.82) is 0 Å². The molecule has 0 saturated carbocycles. The fourth-order valence-corrected chi connectivity index (χ4v) is 9.51. The van der Waals surface area contributed by atoms with Crippen LogP contribution in [0.25, 0.3) is 9.40 Å². The van der Waals surface area contributed by atoms with Crippen molar-refractivity contribution in [3.05, 3.63) is 82.0 Å². The molecule has 4 rings (SSSR count). The monoisotopic (exact) mass is 490 g/mol. The van der Waals surface area contributed by atoms with Gasteiger partial charge in [0.15, 0.2) is 5.78 Å². The van der Waals surface area contributed by atoms with E-state index in [1.165, 1.54) is 52.3 Å². The smallest absolute Gasteiger partial charge is 0.234 e. The van der Waals surface area contributed by atoms with Crippen LogP contribution in [-0.2, 0) is 19.7 Å². The highest BCUT2D eigenvalue weighted by Crippen LogP contribution is 2.35. The first-order valence-corrected chi connectivity index (χ1v) is 14.1. The summed E-state index contributed by atoms with van der Waals surface area (Å²) in [7, 11) is -9.08. The van der Waals surface area contributed by atoms with Crippen LogP contribution >= 0.6 is 22.7 Å². The molecule has 2 aromatic heterocycles. The van der Waals surface area contributed by atoms with Gasteiger partial charge >= 0.3 is 0 Å². The Hall–Kier alpha value is -2.33. The highest BCUT2D eigenvalue weighted by molar-refractivity contribution is 8.10. The molecule has 0 aliphatic carbocycles. The minimum absolute atomic E-state index is 0.109.